The van der Waals surface area contributed by atoms with Crippen molar-refractivity contribution in [3.05, 3.63) is 35.4 Å². The van der Waals surface area contributed by atoms with Crippen LogP contribution in [-0.2, 0) is 15.8 Å². The average molecular weight is 234 g/mol. The number of rotatable bonds is 4. The third-order valence-electron chi connectivity index (χ3n) is 3.50. The minimum absolute atomic E-state index is 0.0921. The third kappa shape index (κ3) is 2.50. The van der Waals surface area contributed by atoms with E-state index in [2.05, 4.69) is 0 Å². The van der Waals surface area contributed by atoms with E-state index < -0.39 is 17.0 Å². The Morgan fingerprint density at radius 2 is 2.06 bits per heavy atom. The van der Waals surface area contributed by atoms with Crippen LogP contribution in [0.3, 0.4) is 0 Å². The number of hydrogen-bond donors (Lipinski definition) is 2. The van der Waals surface area contributed by atoms with Gasteiger partial charge in [0.1, 0.15) is 0 Å². The van der Waals surface area contributed by atoms with Gasteiger partial charge in [0.05, 0.1) is 12.0 Å². The second kappa shape index (κ2) is 3.84. The lowest BCUT2D eigenvalue weighted by Crippen LogP contribution is -2.22. The molecule has 17 heavy (non-hydrogen) atoms. The highest BCUT2D eigenvalue weighted by Crippen LogP contribution is 2.46. The first-order valence-electron chi connectivity index (χ1n) is 5.89. The zero-order valence-corrected chi connectivity index (χ0v) is 10.2. The Balaban J connectivity index is 2.29. The first-order chi connectivity index (χ1) is 7.83. The minimum atomic E-state index is -0.800. The van der Waals surface area contributed by atoms with Crippen LogP contribution in [-0.4, -0.2) is 16.2 Å². The molecule has 3 heteroatoms. The molecule has 0 heterocycles. The lowest BCUT2D eigenvalue weighted by molar-refractivity contribution is -0.138. The Morgan fingerprint density at radius 3 is 2.59 bits per heavy atom. The van der Waals surface area contributed by atoms with Crippen LogP contribution < -0.4 is 0 Å². The molecule has 0 aromatic heterocycles. The number of aliphatic carboxylic acids is 1. The van der Waals surface area contributed by atoms with Crippen LogP contribution in [0.15, 0.2) is 24.3 Å². The molecule has 1 aliphatic carbocycles. The molecular formula is C14H18O3. The fourth-order valence-corrected chi connectivity index (χ4v) is 2.12. The van der Waals surface area contributed by atoms with E-state index in [4.69, 9.17) is 5.11 Å². The van der Waals surface area contributed by atoms with Gasteiger partial charge >= 0.3 is 5.97 Å². The van der Waals surface area contributed by atoms with Crippen LogP contribution in [0.5, 0.6) is 0 Å². The zero-order chi connectivity index (χ0) is 12.7. The van der Waals surface area contributed by atoms with Gasteiger partial charge in [-0.25, -0.2) is 0 Å². The summed E-state index contributed by atoms with van der Waals surface area (Å²) in [6, 6.07) is 7.67. The van der Waals surface area contributed by atoms with Gasteiger partial charge in [0.15, 0.2) is 0 Å². The molecule has 1 saturated carbocycles. The van der Waals surface area contributed by atoms with Crippen molar-refractivity contribution in [2.45, 2.75) is 44.1 Å². The summed E-state index contributed by atoms with van der Waals surface area (Å²) < 4.78 is 0. The number of aliphatic hydroxyl groups is 1. The predicted molar refractivity (Wildman–Crippen MR) is 64.9 cm³/mol. The predicted octanol–water partition coefficient (Wildman–Crippen LogP) is 2.42. The van der Waals surface area contributed by atoms with E-state index in [1.54, 1.807) is 0 Å². The molecule has 0 spiro atoms. The minimum Gasteiger partial charge on any atom is -0.481 e. The molecule has 1 fully saturated rings. The van der Waals surface area contributed by atoms with Gasteiger partial charge in [-0.15, -0.1) is 0 Å². The van der Waals surface area contributed by atoms with Crippen LogP contribution in [0.1, 0.15) is 44.2 Å². The highest BCUT2D eigenvalue weighted by atomic mass is 16.4. The van der Waals surface area contributed by atoms with Gasteiger partial charge in [-0.1, -0.05) is 38.1 Å². The fourth-order valence-electron chi connectivity index (χ4n) is 2.12. The molecule has 2 N–H and O–H groups in total. The Labute approximate surface area is 101 Å². The number of carbonyl (C=O) groups is 1. The van der Waals surface area contributed by atoms with Gasteiger partial charge in [-0.05, 0) is 24.0 Å². The van der Waals surface area contributed by atoms with Crippen molar-refractivity contribution in [1.29, 1.82) is 0 Å². The first-order valence-corrected chi connectivity index (χ1v) is 5.89. The maximum atomic E-state index is 10.8. The molecule has 0 aliphatic heterocycles. The molecule has 0 bridgehead atoms. The summed E-state index contributed by atoms with van der Waals surface area (Å²) in [7, 11) is 0. The lowest BCUT2D eigenvalue weighted by atomic mass is 9.80. The normalized spacial score (nSPS) is 17.8. The quantitative estimate of drug-likeness (QED) is 0.841. The zero-order valence-electron chi connectivity index (χ0n) is 10.2. The second-order valence-corrected chi connectivity index (χ2v) is 5.57. The van der Waals surface area contributed by atoms with Crippen LogP contribution in [0.4, 0.5) is 0 Å². The van der Waals surface area contributed by atoms with Crippen LogP contribution in [0.2, 0.25) is 0 Å². The summed E-state index contributed by atoms with van der Waals surface area (Å²) in [6.45, 7) is 3.83. The molecule has 0 atom stereocenters. The smallest absolute Gasteiger partial charge is 0.304 e. The van der Waals surface area contributed by atoms with Crippen molar-refractivity contribution in [2.24, 2.45) is 0 Å². The van der Waals surface area contributed by atoms with E-state index in [1.165, 1.54) is 0 Å². The van der Waals surface area contributed by atoms with Gasteiger partial charge in [-0.2, -0.15) is 0 Å². The maximum Gasteiger partial charge on any atom is 0.304 e. The van der Waals surface area contributed by atoms with E-state index in [-0.39, 0.29) is 6.42 Å². The van der Waals surface area contributed by atoms with Crippen LogP contribution in [0.25, 0.3) is 0 Å². The molecule has 0 radical (unpaired) electrons. The SMILES string of the molecule is CC(C)(CC(=O)O)c1cccc(C2(O)CC2)c1. The van der Waals surface area contributed by atoms with E-state index in [1.807, 2.05) is 38.1 Å². The maximum absolute atomic E-state index is 10.8. The summed E-state index contributed by atoms with van der Waals surface area (Å²) in [6.07, 6.45) is 1.69. The summed E-state index contributed by atoms with van der Waals surface area (Å²) in [5, 5.41) is 19.0. The lowest BCUT2D eigenvalue weighted by Gasteiger charge is -2.24. The molecular weight excluding hydrogens is 216 g/mol. The number of carboxylic acids is 1. The summed E-state index contributed by atoms with van der Waals surface area (Å²) in [5.74, 6) is -0.800. The Morgan fingerprint density at radius 1 is 1.41 bits per heavy atom. The molecule has 0 amide bonds. The van der Waals surface area contributed by atoms with Crippen molar-refractivity contribution in [3.63, 3.8) is 0 Å². The van der Waals surface area contributed by atoms with Gasteiger partial charge in [-0.3, -0.25) is 4.79 Å². The van der Waals surface area contributed by atoms with Gasteiger partial charge in [0, 0.05) is 5.41 Å². The third-order valence-corrected chi connectivity index (χ3v) is 3.50. The second-order valence-electron chi connectivity index (χ2n) is 5.57. The Hall–Kier alpha value is -1.35. The number of carboxylic acid groups (broad SMARTS) is 1. The van der Waals surface area contributed by atoms with Crippen LogP contribution in [0, 0.1) is 0 Å². The van der Waals surface area contributed by atoms with Crippen molar-refractivity contribution < 1.29 is 15.0 Å². The standard InChI is InChI=1S/C14H18O3/c1-13(2,9-12(15)16)10-4-3-5-11(8-10)14(17)6-7-14/h3-5,8,17H,6-7,9H2,1-2H3,(H,15,16). The van der Waals surface area contributed by atoms with Gasteiger partial charge in [0.25, 0.3) is 0 Å². The molecule has 0 saturated heterocycles. The van der Waals surface area contributed by atoms with Crippen molar-refractivity contribution in [3.8, 4) is 0 Å². The number of hydrogen-bond acceptors (Lipinski definition) is 2. The van der Waals surface area contributed by atoms with Crippen molar-refractivity contribution >= 4 is 5.97 Å². The molecule has 92 valence electrons. The molecule has 1 aliphatic rings. The average Bonchev–Trinajstić information content (AvgIpc) is 2.96. The van der Waals surface area contributed by atoms with Gasteiger partial charge < -0.3 is 10.2 Å². The van der Waals surface area contributed by atoms with Crippen molar-refractivity contribution in [2.75, 3.05) is 0 Å². The highest BCUT2D eigenvalue weighted by Gasteiger charge is 2.42. The first kappa shape index (κ1) is 12.1. The summed E-state index contributed by atoms with van der Waals surface area (Å²) >= 11 is 0. The Kier molecular flexibility index (Phi) is 2.74. The van der Waals surface area contributed by atoms with E-state index >= 15 is 0 Å². The molecule has 3 nitrogen and oxygen atoms in total. The van der Waals surface area contributed by atoms with E-state index in [9.17, 15) is 9.90 Å². The Bertz CT molecular complexity index is 445. The monoisotopic (exact) mass is 234 g/mol. The molecule has 0 unspecified atom stereocenters. The summed E-state index contributed by atoms with van der Waals surface area (Å²) in [5.41, 5.74) is 0.814. The summed E-state index contributed by atoms with van der Waals surface area (Å²) in [4.78, 5) is 10.8. The van der Waals surface area contributed by atoms with E-state index in [0.29, 0.717) is 0 Å². The van der Waals surface area contributed by atoms with Crippen molar-refractivity contribution in [1.82, 2.24) is 0 Å². The van der Waals surface area contributed by atoms with Crippen LogP contribution >= 0.6 is 0 Å². The molecule has 1 aromatic rings. The van der Waals surface area contributed by atoms with Gasteiger partial charge in [0.2, 0.25) is 0 Å². The van der Waals surface area contributed by atoms with E-state index in [0.717, 1.165) is 24.0 Å². The molecule has 2 rings (SSSR count). The largest absolute Gasteiger partial charge is 0.481 e. The fraction of sp³-hybridized carbons (Fsp3) is 0.500. The number of benzene rings is 1. The molecule has 1 aromatic carbocycles. The topological polar surface area (TPSA) is 57.5 Å². The highest BCUT2D eigenvalue weighted by molar-refractivity contribution is 5.69.